The van der Waals surface area contributed by atoms with Gasteiger partial charge in [0.1, 0.15) is 12.6 Å². The SMILES string of the molecule is C[n+]1ccn(C(C)(C)C)n1.[2H]c1cn(C(C)(C)C)nn1. The fraction of sp³-hybridized carbons (Fsp3) is 0.692. The Labute approximate surface area is 116 Å². The number of rotatable bonds is 0. The number of hydrogen-bond donors (Lipinski definition) is 0. The Morgan fingerprint density at radius 3 is 1.79 bits per heavy atom. The largest absolute Gasteiger partial charge is 0.247 e. The van der Waals surface area contributed by atoms with Crippen molar-refractivity contribution in [2.24, 2.45) is 7.05 Å². The lowest BCUT2D eigenvalue weighted by molar-refractivity contribution is -0.732. The number of aryl methyl sites for hydroxylation is 1. The van der Waals surface area contributed by atoms with E-state index in [4.69, 9.17) is 1.37 Å². The molecule has 6 nitrogen and oxygen atoms in total. The van der Waals surface area contributed by atoms with Gasteiger partial charge in [-0.3, -0.25) is 0 Å². The highest BCUT2D eigenvalue weighted by Gasteiger charge is 2.19. The van der Waals surface area contributed by atoms with Crippen LogP contribution in [0.5, 0.6) is 0 Å². The minimum absolute atomic E-state index is 0.0632. The maximum Gasteiger partial charge on any atom is 0.155 e. The molecule has 0 saturated carbocycles. The summed E-state index contributed by atoms with van der Waals surface area (Å²) >= 11 is 0. The third kappa shape index (κ3) is 4.81. The van der Waals surface area contributed by atoms with Gasteiger partial charge in [0.25, 0.3) is 0 Å². The van der Waals surface area contributed by atoms with Crippen LogP contribution in [0, 0.1) is 0 Å². The van der Waals surface area contributed by atoms with Crippen molar-refractivity contribution in [3.05, 3.63) is 24.8 Å². The lowest BCUT2D eigenvalue weighted by Gasteiger charge is -2.17. The zero-order chi connectivity index (χ0) is 15.6. The summed E-state index contributed by atoms with van der Waals surface area (Å²) in [6, 6.07) is 0. The molecule has 0 aliphatic rings. The van der Waals surface area contributed by atoms with Gasteiger partial charge >= 0.3 is 0 Å². The van der Waals surface area contributed by atoms with Crippen LogP contribution in [0.4, 0.5) is 0 Å². The van der Waals surface area contributed by atoms with Crippen LogP contribution in [-0.2, 0) is 18.1 Å². The van der Waals surface area contributed by atoms with Crippen molar-refractivity contribution in [2.75, 3.05) is 0 Å². The second-order valence-corrected chi connectivity index (χ2v) is 6.44. The smallest absolute Gasteiger partial charge is 0.155 e. The van der Waals surface area contributed by atoms with E-state index in [1.54, 1.807) is 15.6 Å². The summed E-state index contributed by atoms with van der Waals surface area (Å²) < 4.78 is 12.5. The highest BCUT2D eigenvalue weighted by atomic mass is 15.5. The molecule has 2 heterocycles. The van der Waals surface area contributed by atoms with E-state index in [0.29, 0.717) is 0 Å². The summed E-state index contributed by atoms with van der Waals surface area (Å²) in [7, 11) is 1.92. The van der Waals surface area contributed by atoms with Crippen LogP contribution in [0.25, 0.3) is 0 Å². The molecule has 2 rings (SSSR count). The molecule has 106 valence electrons. The van der Waals surface area contributed by atoms with Gasteiger partial charge in [-0.2, -0.15) is 0 Å². The number of aromatic nitrogens is 6. The Kier molecular flexibility index (Phi) is 3.97. The Bertz CT molecular complexity index is 493. The van der Waals surface area contributed by atoms with Crippen LogP contribution in [0.1, 0.15) is 42.9 Å². The summed E-state index contributed by atoms with van der Waals surface area (Å²) in [5, 5.41) is 11.5. The molecule has 0 N–H and O–H groups in total. The molecular formula is C13H25N6+. The first-order valence-electron chi connectivity index (χ1n) is 6.81. The normalized spacial score (nSPS) is 12.7. The summed E-state index contributed by atoms with van der Waals surface area (Å²) in [4.78, 5) is 0. The van der Waals surface area contributed by atoms with Crippen LogP contribution >= 0.6 is 0 Å². The first kappa shape index (κ1) is 13.7. The van der Waals surface area contributed by atoms with Crippen molar-refractivity contribution in [1.29, 1.82) is 0 Å². The van der Waals surface area contributed by atoms with E-state index in [-0.39, 0.29) is 17.3 Å². The molecule has 2 aromatic rings. The molecule has 0 radical (unpaired) electrons. The van der Waals surface area contributed by atoms with Gasteiger partial charge in [-0.25, -0.2) is 4.68 Å². The van der Waals surface area contributed by atoms with Crippen LogP contribution in [0.2, 0.25) is 0 Å². The second-order valence-electron chi connectivity index (χ2n) is 6.44. The molecule has 0 saturated heterocycles. The molecule has 0 bridgehead atoms. The zero-order valence-electron chi connectivity index (χ0n) is 13.9. The van der Waals surface area contributed by atoms with Gasteiger partial charge in [0.2, 0.25) is 0 Å². The first-order valence-corrected chi connectivity index (χ1v) is 6.31. The maximum absolute atomic E-state index is 7.10. The first-order chi connectivity index (χ1) is 9.00. The Hall–Kier alpha value is -1.72. The molecule has 0 unspecified atom stereocenters. The molecule has 19 heavy (non-hydrogen) atoms. The van der Waals surface area contributed by atoms with E-state index >= 15 is 0 Å². The van der Waals surface area contributed by atoms with E-state index < -0.39 is 0 Å². The molecule has 6 heteroatoms. The van der Waals surface area contributed by atoms with Gasteiger partial charge in [0.05, 0.1) is 18.3 Å². The van der Waals surface area contributed by atoms with Gasteiger partial charge in [0.15, 0.2) is 12.4 Å². The van der Waals surface area contributed by atoms with Gasteiger partial charge in [-0.15, -0.1) is 14.5 Å². The molecule has 0 aromatic carbocycles. The van der Waals surface area contributed by atoms with E-state index in [1.165, 1.54) is 0 Å². The fourth-order valence-electron chi connectivity index (χ4n) is 1.24. The van der Waals surface area contributed by atoms with E-state index in [0.717, 1.165) is 0 Å². The van der Waals surface area contributed by atoms with Crippen LogP contribution in [-0.4, -0.2) is 24.9 Å². The average Bonchev–Trinajstić information content (AvgIpc) is 2.85. The fourth-order valence-corrected chi connectivity index (χ4v) is 1.24. The van der Waals surface area contributed by atoms with Gasteiger partial charge in [-0.1, -0.05) is 5.21 Å². The second kappa shape index (κ2) is 5.50. The van der Waals surface area contributed by atoms with Gasteiger partial charge in [0, 0.05) is 6.20 Å². The minimum Gasteiger partial charge on any atom is -0.247 e. The topological polar surface area (TPSA) is 52.4 Å². The molecular weight excluding hydrogens is 240 g/mol. The monoisotopic (exact) mass is 266 g/mol. The Balaban J connectivity index is 0.000000200. The lowest BCUT2D eigenvalue weighted by Crippen LogP contribution is -2.34. The number of nitrogens with zero attached hydrogens (tertiary/aromatic N) is 6. The Morgan fingerprint density at radius 1 is 1.00 bits per heavy atom. The number of hydrogen-bond acceptors (Lipinski definition) is 3. The zero-order valence-corrected chi connectivity index (χ0v) is 12.9. The third-order valence-electron chi connectivity index (χ3n) is 2.41. The van der Waals surface area contributed by atoms with Crippen molar-refractivity contribution < 1.29 is 6.05 Å². The van der Waals surface area contributed by atoms with E-state index in [1.807, 2.05) is 44.9 Å². The highest BCUT2D eigenvalue weighted by molar-refractivity contribution is 4.74. The van der Waals surface area contributed by atoms with Crippen LogP contribution in [0.3, 0.4) is 0 Å². The molecule has 0 aliphatic heterocycles. The summed E-state index contributed by atoms with van der Waals surface area (Å²) in [6.45, 7) is 12.4. The van der Waals surface area contributed by atoms with Crippen LogP contribution < -0.4 is 4.68 Å². The van der Waals surface area contributed by atoms with Crippen molar-refractivity contribution in [3.8, 4) is 0 Å². The summed E-state index contributed by atoms with van der Waals surface area (Å²) in [6.07, 6.45) is 5.74. The lowest BCUT2D eigenvalue weighted by atomic mass is 10.1. The molecule has 0 spiro atoms. The van der Waals surface area contributed by atoms with Gasteiger partial charge in [-0.05, 0) is 41.5 Å². The third-order valence-corrected chi connectivity index (χ3v) is 2.41. The average molecular weight is 266 g/mol. The predicted octanol–water partition coefficient (Wildman–Crippen LogP) is 1.50. The molecule has 0 atom stereocenters. The standard InChI is InChI=1S/C7H14N3.C6H11N3/c1-7(2,3)10-6-5-9(4)8-10;1-6(2,3)9-5-4-7-8-9/h5-6H,1-4H3;4-5H,1-3H3/q+1;/i;4D. The predicted molar refractivity (Wildman–Crippen MR) is 73.4 cm³/mol. The molecule has 0 fully saturated rings. The minimum atomic E-state index is -0.0632. The molecule has 2 aromatic heterocycles. The van der Waals surface area contributed by atoms with E-state index in [9.17, 15) is 0 Å². The quantitative estimate of drug-likeness (QED) is 0.679. The van der Waals surface area contributed by atoms with Crippen molar-refractivity contribution in [2.45, 2.75) is 52.6 Å². The van der Waals surface area contributed by atoms with Gasteiger partial charge < -0.3 is 0 Å². The Morgan fingerprint density at radius 2 is 1.58 bits per heavy atom. The van der Waals surface area contributed by atoms with Crippen molar-refractivity contribution >= 4 is 0 Å². The summed E-state index contributed by atoms with van der Waals surface area (Å²) in [5.41, 5.74) is 0.0353. The molecule has 0 amide bonds. The molecule has 0 aliphatic carbocycles. The van der Waals surface area contributed by atoms with Crippen molar-refractivity contribution in [3.63, 3.8) is 0 Å². The van der Waals surface area contributed by atoms with Crippen molar-refractivity contribution in [1.82, 2.24) is 24.9 Å². The van der Waals surface area contributed by atoms with E-state index in [2.05, 4.69) is 36.3 Å². The highest BCUT2D eigenvalue weighted by Crippen LogP contribution is 2.09. The van der Waals surface area contributed by atoms with Crippen LogP contribution in [0.15, 0.2) is 24.8 Å². The summed E-state index contributed by atoms with van der Waals surface area (Å²) in [5.74, 6) is 0. The maximum atomic E-state index is 7.10.